The second-order valence-electron chi connectivity index (χ2n) is 3.77. The van der Waals surface area contributed by atoms with Crippen LogP contribution in [0.5, 0.6) is 0 Å². The van der Waals surface area contributed by atoms with Crippen LogP contribution in [-0.2, 0) is 0 Å². The summed E-state index contributed by atoms with van der Waals surface area (Å²) >= 11 is 0. The molecule has 15 heavy (non-hydrogen) atoms. The van der Waals surface area contributed by atoms with E-state index < -0.39 is 6.18 Å². The lowest BCUT2D eigenvalue weighted by Gasteiger charge is -2.26. The molecule has 1 aliphatic rings. The maximum atomic E-state index is 12.3. The standard InChI is InChI=1S/C10H17F3N2/c11-10(12,13)9-3-7-15(8-4-9)6-2-1-5-14/h3H,1-2,4-8,14H2. The van der Waals surface area contributed by atoms with Crippen LogP contribution < -0.4 is 5.73 Å². The normalized spacial score (nSPS) is 19.1. The van der Waals surface area contributed by atoms with Gasteiger partial charge in [-0.05, 0) is 32.4 Å². The Morgan fingerprint density at radius 2 is 2.07 bits per heavy atom. The molecule has 0 aromatic carbocycles. The summed E-state index contributed by atoms with van der Waals surface area (Å²) in [7, 11) is 0. The van der Waals surface area contributed by atoms with Crippen molar-refractivity contribution in [1.82, 2.24) is 4.90 Å². The molecule has 0 saturated heterocycles. The Balaban J connectivity index is 2.31. The molecule has 0 spiro atoms. The fraction of sp³-hybridized carbons (Fsp3) is 0.800. The third kappa shape index (κ3) is 4.22. The first-order valence-corrected chi connectivity index (χ1v) is 5.22. The van der Waals surface area contributed by atoms with E-state index in [-0.39, 0.29) is 12.0 Å². The molecule has 0 bridgehead atoms. The lowest BCUT2D eigenvalue weighted by Crippen LogP contribution is -2.32. The summed E-state index contributed by atoms with van der Waals surface area (Å²) in [5, 5.41) is 0. The average Bonchev–Trinajstić information content (AvgIpc) is 2.18. The lowest BCUT2D eigenvalue weighted by atomic mass is 10.1. The number of rotatable bonds is 4. The third-order valence-electron chi connectivity index (χ3n) is 2.59. The van der Waals surface area contributed by atoms with E-state index in [0.29, 0.717) is 19.6 Å². The Hall–Kier alpha value is -0.550. The first-order chi connectivity index (χ1) is 7.04. The van der Waals surface area contributed by atoms with Gasteiger partial charge in [-0.25, -0.2) is 0 Å². The second kappa shape index (κ2) is 5.51. The monoisotopic (exact) mass is 222 g/mol. The van der Waals surface area contributed by atoms with Crippen molar-refractivity contribution >= 4 is 0 Å². The number of unbranched alkanes of at least 4 members (excludes halogenated alkanes) is 1. The van der Waals surface area contributed by atoms with E-state index in [1.165, 1.54) is 6.08 Å². The van der Waals surface area contributed by atoms with Gasteiger partial charge >= 0.3 is 6.18 Å². The SMILES string of the molecule is NCCCCN1CC=C(C(F)(F)F)CC1. The van der Waals surface area contributed by atoms with E-state index in [9.17, 15) is 13.2 Å². The zero-order chi connectivity index (χ0) is 11.3. The largest absolute Gasteiger partial charge is 0.412 e. The quantitative estimate of drug-likeness (QED) is 0.581. The van der Waals surface area contributed by atoms with Gasteiger partial charge in [0.2, 0.25) is 0 Å². The van der Waals surface area contributed by atoms with Crippen LogP contribution in [0.15, 0.2) is 11.6 Å². The van der Waals surface area contributed by atoms with E-state index >= 15 is 0 Å². The molecule has 0 aromatic rings. The van der Waals surface area contributed by atoms with Gasteiger partial charge in [0.05, 0.1) is 0 Å². The summed E-state index contributed by atoms with van der Waals surface area (Å²) in [6.45, 7) is 2.42. The van der Waals surface area contributed by atoms with Gasteiger partial charge in [-0.2, -0.15) is 13.2 Å². The Kier molecular flexibility index (Phi) is 4.60. The molecule has 1 rings (SSSR count). The van der Waals surface area contributed by atoms with Crippen LogP contribution in [0.25, 0.3) is 0 Å². The summed E-state index contributed by atoms with van der Waals surface area (Å²) in [6.07, 6.45) is -0.820. The minimum absolute atomic E-state index is 0.117. The fourth-order valence-electron chi connectivity index (χ4n) is 1.65. The summed E-state index contributed by atoms with van der Waals surface area (Å²) in [5.41, 5.74) is 4.97. The second-order valence-corrected chi connectivity index (χ2v) is 3.77. The molecule has 2 nitrogen and oxygen atoms in total. The van der Waals surface area contributed by atoms with Gasteiger partial charge < -0.3 is 5.73 Å². The van der Waals surface area contributed by atoms with Crippen molar-refractivity contribution in [2.75, 3.05) is 26.2 Å². The van der Waals surface area contributed by atoms with Gasteiger partial charge in [-0.1, -0.05) is 6.08 Å². The minimum Gasteiger partial charge on any atom is -0.330 e. The van der Waals surface area contributed by atoms with Crippen LogP contribution in [0, 0.1) is 0 Å². The van der Waals surface area contributed by atoms with Gasteiger partial charge in [-0.3, -0.25) is 4.90 Å². The predicted molar refractivity (Wildman–Crippen MR) is 53.5 cm³/mol. The molecule has 5 heteroatoms. The Morgan fingerprint density at radius 1 is 1.33 bits per heavy atom. The summed E-state index contributed by atoms with van der Waals surface area (Å²) < 4.78 is 36.8. The molecule has 0 aliphatic carbocycles. The first kappa shape index (κ1) is 12.5. The molecule has 88 valence electrons. The number of nitrogens with zero attached hydrogens (tertiary/aromatic N) is 1. The Bertz CT molecular complexity index is 223. The smallest absolute Gasteiger partial charge is 0.330 e. The molecule has 0 unspecified atom stereocenters. The molecule has 0 amide bonds. The van der Waals surface area contributed by atoms with Crippen molar-refractivity contribution in [3.63, 3.8) is 0 Å². The van der Waals surface area contributed by atoms with E-state index in [2.05, 4.69) is 0 Å². The van der Waals surface area contributed by atoms with E-state index in [1.54, 1.807) is 0 Å². The highest BCUT2D eigenvalue weighted by Crippen LogP contribution is 2.29. The lowest BCUT2D eigenvalue weighted by molar-refractivity contribution is -0.0960. The van der Waals surface area contributed by atoms with Gasteiger partial charge in [0.15, 0.2) is 0 Å². The zero-order valence-corrected chi connectivity index (χ0v) is 8.69. The fourth-order valence-corrected chi connectivity index (χ4v) is 1.65. The molecular weight excluding hydrogens is 205 g/mol. The van der Waals surface area contributed by atoms with Crippen molar-refractivity contribution in [3.05, 3.63) is 11.6 Å². The average molecular weight is 222 g/mol. The minimum atomic E-state index is -4.14. The van der Waals surface area contributed by atoms with Crippen molar-refractivity contribution in [2.24, 2.45) is 5.73 Å². The van der Waals surface area contributed by atoms with Crippen LogP contribution in [0.1, 0.15) is 19.3 Å². The predicted octanol–water partition coefficient (Wildman–Crippen LogP) is 1.92. The van der Waals surface area contributed by atoms with Crippen LogP contribution >= 0.6 is 0 Å². The van der Waals surface area contributed by atoms with E-state index in [4.69, 9.17) is 5.73 Å². The maximum absolute atomic E-state index is 12.3. The van der Waals surface area contributed by atoms with Gasteiger partial charge in [0, 0.05) is 18.7 Å². The Morgan fingerprint density at radius 3 is 2.53 bits per heavy atom. The van der Waals surface area contributed by atoms with E-state index in [0.717, 1.165) is 19.4 Å². The third-order valence-corrected chi connectivity index (χ3v) is 2.59. The zero-order valence-electron chi connectivity index (χ0n) is 8.69. The molecular formula is C10H17F3N2. The number of halogens is 3. The Labute approximate surface area is 87.9 Å². The summed E-state index contributed by atoms with van der Waals surface area (Å²) in [4.78, 5) is 2.03. The molecule has 0 radical (unpaired) electrons. The molecule has 2 N–H and O–H groups in total. The number of alkyl halides is 3. The number of hydrogen-bond acceptors (Lipinski definition) is 2. The molecule has 0 fully saturated rings. The van der Waals surface area contributed by atoms with Gasteiger partial charge in [0.25, 0.3) is 0 Å². The van der Waals surface area contributed by atoms with Crippen LogP contribution in [-0.4, -0.2) is 37.3 Å². The molecule has 1 aliphatic heterocycles. The van der Waals surface area contributed by atoms with Gasteiger partial charge in [-0.15, -0.1) is 0 Å². The maximum Gasteiger partial charge on any atom is 0.412 e. The highest BCUT2D eigenvalue weighted by Gasteiger charge is 2.34. The number of hydrogen-bond donors (Lipinski definition) is 1. The van der Waals surface area contributed by atoms with Crippen LogP contribution in [0.4, 0.5) is 13.2 Å². The molecule has 0 atom stereocenters. The van der Waals surface area contributed by atoms with Crippen LogP contribution in [0.3, 0.4) is 0 Å². The molecule has 1 heterocycles. The first-order valence-electron chi connectivity index (χ1n) is 5.22. The number of nitrogens with two attached hydrogens (primary N) is 1. The highest BCUT2D eigenvalue weighted by atomic mass is 19.4. The van der Waals surface area contributed by atoms with Crippen molar-refractivity contribution in [2.45, 2.75) is 25.4 Å². The van der Waals surface area contributed by atoms with Gasteiger partial charge in [0.1, 0.15) is 0 Å². The van der Waals surface area contributed by atoms with Crippen LogP contribution in [0.2, 0.25) is 0 Å². The van der Waals surface area contributed by atoms with Crippen molar-refractivity contribution < 1.29 is 13.2 Å². The van der Waals surface area contributed by atoms with Crippen molar-refractivity contribution in [3.8, 4) is 0 Å². The van der Waals surface area contributed by atoms with E-state index in [1.807, 2.05) is 4.90 Å². The molecule has 0 aromatic heterocycles. The summed E-state index contributed by atoms with van der Waals surface area (Å²) in [5.74, 6) is 0. The van der Waals surface area contributed by atoms with Crippen molar-refractivity contribution in [1.29, 1.82) is 0 Å². The molecule has 0 saturated carbocycles. The summed E-state index contributed by atoms with van der Waals surface area (Å²) in [6, 6.07) is 0. The highest BCUT2D eigenvalue weighted by molar-refractivity contribution is 5.12. The topological polar surface area (TPSA) is 29.3 Å².